The van der Waals surface area contributed by atoms with Gasteiger partial charge < -0.3 is 4.90 Å². The Kier molecular flexibility index (Phi) is 6.15. The molecule has 2 heterocycles. The molecule has 2 aromatic carbocycles. The first kappa shape index (κ1) is 21.5. The Morgan fingerprint density at radius 2 is 1.88 bits per heavy atom. The molecule has 32 heavy (non-hydrogen) atoms. The van der Waals surface area contributed by atoms with Gasteiger partial charge in [-0.1, -0.05) is 42.0 Å². The Morgan fingerprint density at radius 1 is 1.16 bits per heavy atom. The molecule has 0 aliphatic carbocycles. The summed E-state index contributed by atoms with van der Waals surface area (Å²) in [4.78, 5) is 32.6. The summed E-state index contributed by atoms with van der Waals surface area (Å²) in [5.41, 5.74) is 4.42. The second kappa shape index (κ2) is 9.16. The predicted molar refractivity (Wildman–Crippen MR) is 126 cm³/mol. The molecule has 0 spiro atoms. The second-order valence-electron chi connectivity index (χ2n) is 7.75. The van der Waals surface area contributed by atoms with Crippen LogP contribution in [0.2, 0.25) is 0 Å². The molecular formula is C25H22N4O2S. The maximum atomic E-state index is 13.2. The summed E-state index contributed by atoms with van der Waals surface area (Å²) in [5, 5.41) is 11.5. The molecule has 0 fully saturated rings. The number of rotatable bonds is 6. The van der Waals surface area contributed by atoms with Gasteiger partial charge in [0.15, 0.2) is 0 Å². The zero-order valence-corrected chi connectivity index (χ0v) is 18.7. The van der Waals surface area contributed by atoms with E-state index in [1.54, 1.807) is 24.1 Å². The van der Waals surface area contributed by atoms with Gasteiger partial charge in [0.05, 0.1) is 23.3 Å². The second-order valence-corrected chi connectivity index (χ2v) is 8.61. The zero-order valence-electron chi connectivity index (χ0n) is 17.9. The molecule has 7 heteroatoms. The fraction of sp³-hybridized carbons (Fsp3) is 0.200. The van der Waals surface area contributed by atoms with E-state index in [-0.39, 0.29) is 24.4 Å². The molecule has 0 bridgehead atoms. The van der Waals surface area contributed by atoms with Crippen molar-refractivity contribution in [2.24, 2.45) is 0 Å². The molecule has 0 saturated heterocycles. The third-order valence-corrected chi connectivity index (χ3v) is 6.30. The Balaban J connectivity index is 1.49. The average Bonchev–Trinajstić information content (AvgIpc) is 3.24. The fourth-order valence-corrected chi connectivity index (χ4v) is 4.43. The largest absolute Gasteiger partial charge is 0.341 e. The summed E-state index contributed by atoms with van der Waals surface area (Å²) in [6.45, 7) is 2.74. The van der Waals surface area contributed by atoms with Crippen molar-refractivity contribution in [3.8, 4) is 17.2 Å². The quantitative estimate of drug-likeness (QED) is 0.445. The van der Waals surface area contributed by atoms with E-state index in [4.69, 9.17) is 5.26 Å². The minimum absolute atomic E-state index is 0.0644. The molecule has 160 valence electrons. The van der Waals surface area contributed by atoms with Crippen molar-refractivity contribution in [2.45, 2.75) is 26.4 Å². The van der Waals surface area contributed by atoms with Gasteiger partial charge in [-0.2, -0.15) is 5.26 Å². The monoisotopic (exact) mass is 442 g/mol. The van der Waals surface area contributed by atoms with Crippen LogP contribution in [-0.2, 0) is 17.9 Å². The first-order chi connectivity index (χ1) is 15.5. The van der Waals surface area contributed by atoms with E-state index in [1.165, 1.54) is 22.2 Å². The van der Waals surface area contributed by atoms with Crippen molar-refractivity contribution in [1.82, 2.24) is 14.5 Å². The Hall–Kier alpha value is -3.76. The highest BCUT2D eigenvalue weighted by Gasteiger charge is 2.15. The number of aromatic nitrogens is 2. The standard InChI is InChI=1S/C25H22N4O2S/c1-17-3-9-20(10-4-17)21-15-32-24-23(21)25(31)29(16-27-24)12-11-22(30)28(2)14-19-7-5-18(13-26)6-8-19/h3-10,15-16H,11-12,14H2,1-2H3. The van der Waals surface area contributed by atoms with Gasteiger partial charge in [0.25, 0.3) is 5.56 Å². The molecule has 0 N–H and O–H groups in total. The number of nitrogens with zero attached hydrogens (tertiary/aromatic N) is 4. The lowest BCUT2D eigenvalue weighted by atomic mass is 10.1. The van der Waals surface area contributed by atoms with Gasteiger partial charge in [0.1, 0.15) is 4.83 Å². The van der Waals surface area contributed by atoms with E-state index < -0.39 is 0 Å². The molecule has 1 amide bonds. The van der Waals surface area contributed by atoms with E-state index in [2.05, 4.69) is 11.1 Å². The van der Waals surface area contributed by atoms with Crippen molar-refractivity contribution >= 4 is 27.5 Å². The number of aryl methyl sites for hydroxylation is 2. The van der Waals surface area contributed by atoms with Gasteiger partial charge in [-0.3, -0.25) is 14.2 Å². The van der Waals surface area contributed by atoms with Crippen molar-refractivity contribution in [2.75, 3.05) is 7.05 Å². The van der Waals surface area contributed by atoms with E-state index in [0.717, 1.165) is 22.3 Å². The van der Waals surface area contributed by atoms with Crippen molar-refractivity contribution in [1.29, 1.82) is 5.26 Å². The number of carbonyl (C=O) groups is 1. The first-order valence-electron chi connectivity index (χ1n) is 10.2. The number of hydrogen-bond donors (Lipinski definition) is 0. The van der Waals surface area contributed by atoms with Crippen molar-refractivity contribution < 1.29 is 4.79 Å². The minimum Gasteiger partial charge on any atom is -0.341 e. The SMILES string of the molecule is Cc1ccc(-c2csc3ncn(CCC(=O)N(C)Cc4ccc(C#N)cc4)c(=O)c23)cc1. The smallest absolute Gasteiger partial charge is 0.262 e. The third kappa shape index (κ3) is 4.46. The van der Waals surface area contributed by atoms with Gasteiger partial charge in [-0.25, -0.2) is 4.98 Å². The third-order valence-electron chi connectivity index (χ3n) is 5.42. The van der Waals surface area contributed by atoms with E-state index in [1.807, 2.05) is 48.7 Å². The zero-order chi connectivity index (χ0) is 22.7. The highest BCUT2D eigenvalue weighted by Crippen LogP contribution is 2.30. The summed E-state index contributed by atoms with van der Waals surface area (Å²) < 4.78 is 1.51. The Bertz CT molecular complexity index is 1360. The lowest BCUT2D eigenvalue weighted by molar-refractivity contribution is -0.130. The topological polar surface area (TPSA) is 79.0 Å². The van der Waals surface area contributed by atoms with Gasteiger partial charge >= 0.3 is 0 Å². The van der Waals surface area contributed by atoms with Gasteiger partial charge in [0.2, 0.25) is 5.91 Å². The molecule has 0 aliphatic heterocycles. The predicted octanol–water partition coefficient (Wildman–Crippen LogP) is 4.35. The van der Waals surface area contributed by atoms with E-state index in [9.17, 15) is 9.59 Å². The average molecular weight is 443 g/mol. The Morgan fingerprint density at radius 3 is 2.56 bits per heavy atom. The Labute approximate surface area is 190 Å². The summed E-state index contributed by atoms with van der Waals surface area (Å²) in [6.07, 6.45) is 1.72. The lowest BCUT2D eigenvalue weighted by Crippen LogP contribution is -2.29. The number of hydrogen-bond acceptors (Lipinski definition) is 5. The highest BCUT2D eigenvalue weighted by atomic mass is 32.1. The van der Waals surface area contributed by atoms with E-state index in [0.29, 0.717) is 22.3 Å². The molecule has 2 aromatic heterocycles. The minimum atomic E-state index is -0.130. The normalized spacial score (nSPS) is 10.8. The number of amides is 1. The van der Waals surface area contributed by atoms with Gasteiger partial charge in [-0.05, 0) is 30.2 Å². The summed E-state index contributed by atoms with van der Waals surface area (Å²) >= 11 is 1.45. The molecule has 0 atom stereocenters. The van der Waals surface area contributed by atoms with Crippen LogP contribution in [0, 0.1) is 18.3 Å². The van der Waals surface area contributed by atoms with Gasteiger partial charge in [-0.15, -0.1) is 11.3 Å². The number of carbonyl (C=O) groups excluding carboxylic acids is 1. The molecule has 0 aliphatic rings. The van der Waals surface area contributed by atoms with Crippen LogP contribution in [0.3, 0.4) is 0 Å². The number of thiophene rings is 1. The molecule has 0 radical (unpaired) electrons. The maximum absolute atomic E-state index is 13.2. The van der Waals surface area contributed by atoms with Crippen LogP contribution in [-0.4, -0.2) is 27.4 Å². The first-order valence-corrected chi connectivity index (χ1v) is 11.1. The summed E-state index contributed by atoms with van der Waals surface area (Å²) in [7, 11) is 1.74. The van der Waals surface area contributed by atoms with Crippen LogP contribution in [0.25, 0.3) is 21.3 Å². The van der Waals surface area contributed by atoms with Crippen LogP contribution >= 0.6 is 11.3 Å². The van der Waals surface area contributed by atoms with Crippen LogP contribution in [0.15, 0.2) is 65.0 Å². The van der Waals surface area contributed by atoms with Crippen LogP contribution < -0.4 is 5.56 Å². The van der Waals surface area contributed by atoms with Crippen molar-refractivity contribution in [3.63, 3.8) is 0 Å². The maximum Gasteiger partial charge on any atom is 0.262 e. The highest BCUT2D eigenvalue weighted by molar-refractivity contribution is 7.17. The summed E-state index contributed by atoms with van der Waals surface area (Å²) in [6, 6.07) is 17.3. The van der Waals surface area contributed by atoms with Crippen molar-refractivity contribution in [3.05, 3.63) is 87.3 Å². The molecule has 0 unspecified atom stereocenters. The summed E-state index contributed by atoms with van der Waals surface area (Å²) in [5.74, 6) is -0.0644. The molecule has 0 saturated carbocycles. The number of benzene rings is 2. The van der Waals surface area contributed by atoms with Crippen LogP contribution in [0.4, 0.5) is 0 Å². The van der Waals surface area contributed by atoms with Crippen LogP contribution in [0.5, 0.6) is 0 Å². The molecule has 6 nitrogen and oxygen atoms in total. The number of nitriles is 1. The van der Waals surface area contributed by atoms with E-state index >= 15 is 0 Å². The van der Waals surface area contributed by atoms with Crippen LogP contribution in [0.1, 0.15) is 23.1 Å². The molecular weight excluding hydrogens is 420 g/mol. The lowest BCUT2D eigenvalue weighted by Gasteiger charge is -2.17. The number of fused-ring (bicyclic) bond motifs is 1. The fourth-order valence-electron chi connectivity index (χ4n) is 3.53. The molecule has 4 rings (SSSR count). The molecule has 4 aromatic rings. The van der Waals surface area contributed by atoms with Gasteiger partial charge in [0, 0.05) is 37.5 Å².